The highest BCUT2D eigenvalue weighted by Gasteiger charge is 2.37. The summed E-state index contributed by atoms with van der Waals surface area (Å²) >= 11 is 0. The van der Waals surface area contributed by atoms with Crippen molar-refractivity contribution in [2.75, 3.05) is 20.3 Å². The van der Waals surface area contributed by atoms with Gasteiger partial charge in [-0.25, -0.2) is 0 Å². The minimum Gasteiger partial charge on any atom is -0.371 e. The molecule has 0 aromatic rings. The molecule has 13 heavy (non-hydrogen) atoms. The average Bonchev–Trinajstić information content (AvgIpc) is 2.04. The highest BCUT2D eigenvalue weighted by atomic mass is 28.4. The molecule has 2 N–H and O–H groups in total. The lowest BCUT2D eigenvalue weighted by atomic mass is 10.4. The fourth-order valence-corrected chi connectivity index (χ4v) is 3.38. The molecule has 0 saturated heterocycles. The minimum atomic E-state index is -2.33. The van der Waals surface area contributed by atoms with Gasteiger partial charge in [0.05, 0.1) is 0 Å². The second-order valence-electron chi connectivity index (χ2n) is 3.03. The van der Waals surface area contributed by atoms with Gasteiger partial charge in [-0.1, -0.05) is 13.8 Å². The van der Waals surface area contributed by atoms with Crippen LogP contribution in [0.4, 0.5) is 0 Å². The molecule has 0 aromatic carbocycles. The van der Waals surface area contributed by atoms with E-state index in [0.717, 1.165) is 0 Å². The molecule has 0 bridgehead atoms. The van der Waals surface area contributed by atoms with E-state index in [0.29, 0.717) is 19.3 Å². The third-order valence-electron chi connectivity index (χ3n) is 1.50. The Labute approximate surface area is 82.4 Å². The monoisotopic (exact) mass is 206 g/mol. The van der Waals surface area contributed by atoms with Crippen molar-refractivity contribution < 1.29 is 8.85 Å². The van der Waals surface area contributed by atoms with Gasteiger partial charge < -0.3 is 8.85 Å². The third-order valence-corrected chi connectivity index (χ3v) is 4.51. The summed E-state index contributed by atoms with van der Waals surface area (Å²) in [7, 11) is -0.465. The molecule has 5 heteroatoms. The van der Waals surface area contributed by atoms with Crippen molar-refractivity contribution >= 4 is 8.88 Å². The molecule has 0 amide bonds. The normalized spacial score (nSPS) is 12.5. The number of rotatable bonds is 7. The van der Waals surface area contributed by atoms with Gasteiger partial charge in [-0.2, -0.15) is 0 Å². The van der Waals surface area contributed by atoms with Crippen LogP contribution in [0, 0.1) is 0 Å². The molecule has 0 aliphatic heterocycles. The van der Waals surface area contributed by atoms with Gasteiger partial charge in [0.25, 0.3) is 0 Å². The fourth-order valence-electron chi connectivity index (χ4n) is 1.13. The average molecular weight is 206 g/mol. The van der Waals surface area contributed by atoms with Gasteiger partial charge >= 0.3 is 8.88 Å². The first kappa shape index (κ1) is 13.1. The van der Waals surface area contributed by atoms with Gasteiger partial charge in [-0.3, -0.25) is 9.96 Å². The molecule has 4 nitrogen and oxygen atoms in total. The first-order valence-electron chi connectivity index (χ1n) is 4.84. The number of hydrogen-bond acceptors (Lipinski definition) is 4. The van der Waals surface area contributed by atoms with Gasteiger partial charge in [0, 0.05) is 19.3 Å². The van der Waals surface area contributed by atoms with Crippen molar-refractivity contribution in [2.24, 2.45) is 0 Å². The van der Waals surface area contributed by atoms with Crippen molar-refractivity contribution in [3.8, 4) is 0 Å². The zero-order valence-corrected chi connectivity index (χ0v) is 10.3. The van der Waals surface area contributed by atoms with E-state index < -0.39 is 8.88 Å². The molecule has 0 unspecified atom stereocenters. The van der Waals surface area contributed by atoms with Crippen LogP contribution >= 0.6 is 0 Å². The van der Waals surface area contributed by atoms with Crippen molar-refractivity contribution in [3.63, 3.8) is 0 Å². The molecule has 0 saturated carbocycles. The van der Waals surface area contributed by atoms with E-state index in [2.05, 4.69) is 23.8 Å². The van der Waals surface area contributed by atoms with Crippen LogP contribution in [0.2, 0.25) is 0 Å². The fraction of sp³-hybridized carbons (Fsp3) is 1.00. The maximum atomic E-state index is 5.62. The smallest absolute Gasteiger partial charge is 0.371 e. The van der Waals surface area contributed by atoms with Crippen LogP contribution < -0.4 is 9.96 Å². The van der Waals surface area contributed by atoms with Crippen LogP contribution in [0.15, 0.2) is 0 Å². The van der Waals surface area contributed by atoms with E-state index in [-0.39, 0.29) is 0 Å². The zero-order chi connectivity index (χ0) is 10.3. The summed E-state index contributed by atoms with van der Waals surface area (Å²) in [5, 5.41) is 0. The molecule has 0 fully saturated rings. The van der Waals surface area contributed by atoms with Gasteiger partial charge in [-0.15, -0.1) is 0 Å². The molecule has 0 aliphatic carbocycles. The summed E-state index contributed by atoms with van der Waals surface area (Å²) in [5.74, 6) is 0. The van der Waals surface area contributed by atoms with Gasteiger partial charge in [0.15, 0.2) is 0 Å². The maximum absolute atomic E-state index is 5.62. The molecule has 0 aromatic heterocycles. The molecule has 80 valence electrons. The Morgan fingerprint density at radius 2 is 1.62 bits per heavy atom. The predicted octanol–water partition coefficient (Wildman–Crippen LogP) is 0.712. The quantitative estimate of drug-likeness (QED) is 0.602. The van der Waals surface area contributed by atoms with Crippen LogP contribution in [-0.4, -0.2) is 35.2 Å². The summed E-state index contributed by atoms with van der Waals surface area (Å²) < 4.78 is 11.2. The maximum Gasteiger partial charge on any atom is 0.516 e. The van der Waals surface area contributed by atoms with E-state index in [1.165, 1.54) is 0 Å². The summed E-state index contributed by atoms with van der Waals surface area (Å²) in [6, 6.07) is 0.359. The Hall–Kier alpha value is 0.0569. The highest BCUT2D eigenvalue weighted by Crippen LogP contribution is 2.00. The van der Waals surface area contributed by atoms with E-state index in [9.17, 15) is 0 Å². The lowest BCUT2D eigenvalue weighted by molar-refractivity contribution is 0.159. The van der Waals surface area contributed by atoms with Gasteiger partial charge in [0.2, 0.25) is 0 Å². The summed E-state index contributed by atoms with van der Waals surface area (Å²) in [6.45, 7) is 9.42. The van der Waals surface area contributed by atoms with Crippen molar-refractivity contribution in [1.82, 2.24) is 9.96 Å². The SMILES string of the molecule is CCO[Si](NC)(NC(C)C)OCC. The Bertz CT molecular complexity index is 127. The molecular weight excluding hydrogens is 184 g/mol. The van der Waals surface area contributed by atoms with Crippen LogP contribution in [0.3, 0.4) is 0 Å². The lowest BCUT2D eigenvalue weighted by Crippen LogP contribution is -2.67. The van der Waals surface area contributed by atoms with Crippen LogP contribution in [0.5, 0.6) is 0 Å². The number of nitrogens with one attached hydrogen (secondary N) is 2. The highest BCUT2D eigenvalue weighted by molar-refractivity contribution is 6.62. The molecule has 0 spiro atoms. The summed E-state index contributed by atoms with van der Waals surface area (Å²) in [4.78, 5) is 6.46. The molecule has 0 rings (SSSR count). The zero-order valence-electron chi connectivity index (χ0n) is 9.31. The Morgan fingerprint density at radius 3 is 1.85 bits per heavy atom. The minimum absolute atomic E-state index is 0.359. The Balaban J connectivity index is 4.24. The molecule has 0 atom stereocenters. The molecule has 0 heterocycles. The summed E-state index contributed by atoms with van der Waals surface area (Å²) in [5.41, 5.74) is 0. The van der Waals surface area contributed by atoms with E-state index in [4.69, 9.17) is 8.85 Å². The van der Waals surface area contributed by atoms with Crippen molar-refractivity contribution in [2.45, 2.75) is 33.7 Å². The first-order chi connectivity index (χ1) is 6.10. The second-order valence-corrected chi connectivity index (χ2v) is 5.63. The Kier molecular flexibility index (Phi) is 6.53. The van der Waals surface area contributed by atoms with Crippen molar-refractivity contribution in [1.29, 1.82) is 0 Å². The van der Waals surface area contributed by atoms with Crippen LogP contribution in [0.1, 0.15) is 27.7 Å². The largest absolute Gasteiger partial charge is 0.516 e. The summed E-state index contributed by atoms with van der Waals surface area (Å²) in [6.07, 6.45) is 0. The van der Waals surface area contributed by atoms with Gasteiger partial charge in [-0.05, 0) is 20.9 Å². The predicted molar refractivity (Wildman–Crippen MR) is 56.3 cm³/mol. The van der Waals surface area contributed by atoms with E-state index in [1.807, 2.05) is 20.9 Å². The van der Waals surface area contributed by atoms with E-state index in [1.54, 1.807) is 0 Å². The molecule has 0 radical (unpaired) electrons. The van der Waals surface area contributed by atoms with Crippen molar-refractivity contribution in [3.05, 3.63) is 0 Å². The second kappa shape index (κ2) is 6.50. The topological polar surface area (TPSA) is 42.5 Å². The lowest BCUT2D eigenvalue weighted by Gasteiger charge is -2.30. The molecule has 0 aliphatic rings. The van der Waals surface area contributed by atoms with Crippen LogP contribution in [-0.2, 0) is 8.85 Å². The van der Waals surface area contributed by atoms with Gasteiger partial charge in [0.1, 0.15) is 0 Å². The number of hydrogen-bond donors (Lipinski definition) is 2. The van der Waals surface area contributed by atoms with E-state index >= 15 is 0 Å². The Morgan fingerprint density at radius 1 is 1.15 bits per heavy atom. The van der Waals surface area contributed by atoms with Crippen LogP contribution in [0.25, 0.3) is 0 Å². The standard InChI is InChI=1S/C8H22N2O2Si/c1-6-11-13(9-5,12-7-2)10-8(3)4/h8-10H,6-7H2,1-5H3. The molecular formula is C8H22N2O2Si. The first-order valence-corrected chi connectivity index (χ1v) is 6.66. The third kappa shape index (κ3) is 4.73.